The van der Waals surface area contributed by atoms with Crippen molar-refractivity contribution in [2.45, 2.75) is 74.5 Å². The second kappa shape index (κ2) is 12.4. The SMILES string of the molecule is CCOc1ccc(NC(=O)[C@H]2[C@H]3C(=O)N(CCCCCCO)C(C(=O)NCc4ccccc4)C34CC[C@]2(C)S4)cc1. The van der Waals surface area contributed by atoms with Gasteiger partial charge in [-0.1, -0.05) is 43.2 Å². The quantitative estimate of drug-likeness (QED) is 0.304. The third-order valence-electron chi connectivity index (χ3n) is 8.86. The van der Waals surface area contributed by atoms with Gasteiger partial charge in [-0.2, -0.15) is 0 Å². The van der Waals surface area contributed by atoms with Crippen molar-refractivity contribution >= 4 is 35.2 Å². The van der Waals surface area contributed by atoms with Crippen LogP contribution < -0.4 is 15.4 Å². The smallest absolute Gasteiger partial charge is 0.244 e. The lowest BCUT2D eigenvalue weighted by Crippen LogP contribution is -2.53. The number of unbranched alkanes of at least 4 members (excludes halogenated alkanes) is 3. The van der Waals surface area contributed by atoms with Crippen LogP contribution in [-0.4, -0.2) is 63.0 Å². The van der Waals surface area contributed by atoms with E-state index in [0.29, 0.717) is 25.4 Å². The lowest BCUT2D eigenvalue weighted by molar-refractivity contribution is -0.139. The van der Waals surface area contributed by atoms with Crippen LogP contribution in [0.3, 0.4) is 0 Å². The number of ether oxygens (including phenoxy) is 1. The highest BCUT2D eigenvalue weighted by Crippen LogP contribution is 2.71. The Morgan fingerprint density at radius 3 is 2.46 bits per heavy atom. The number of hydrogen-bond acceptors (Lipinski definition) is 6. The number of carbonyl (C=O) groups is 3. The van der Waals surface area contributed by atoms with Crippen molar-refractivity contribution in [3.05, 3.63) is 60.2 Å². The number of hydrogen-bond donors (Lipinski definition) is 3. The van der Waals surface area contributed by atoms with E-state index in [0.717, 1.165) is 49.8 Å². The Morgan fingerprint density at radius 1 is 1.02 bits per heavy atom. The number of nitrogens with one attached hydrogen (secondary N) is 2. The molecule has 41 heavy (non-hydrogen) atoms. The van der Waals surface area contributed by atoms with Gasteiger partial charge in [0.15, 0.2) is 0 Å². The Morgan fingerprint density at radius 2 is 1.76 bits per heavy atom. The van der Waals surface area contributed by atoms with Gasteiger partial charge in [0, 0.05) is 30.1 Å². The summed E-state index contributed by atoms with van der Waals surface area (Å²) in [6, 6.07) is 16.4. The van der Waals surface area contributed by atoms with E-state index in [9.17, 15) is 14.4 Å². The summed E-state index contributed by atoms with van der Waals surface area (Å²) in [5.74, 6) is -0.767. The minimum Gasteiger partial charge on any atom is -0.494 e. The monoisotopic (exact) mass is 579 g/mol. The number of aliphatic hydroxyl groups excluding tert-OH is 1. The zero-order chi connectivity index (χ0) is 29.0. The van der Waals surface area contributed by atoms with E-state index >= 15 is 0 Å². The molecule has 2 unspecified atom stereocenters. The summed E-state index contributed by atoms with van der Waals surface area (Å²) in [6.45, 7) is 5.57. The van der Waals surface area contributed by atoms with Crippen LogP contribution >= 0.6 is 11.8 Å². The molecule has 5 atom stereocenters. The van der Waals surface area contributed by atoms with Crippen molar-refractivity contribution in [2.75, 3.05) is 25.1 Å². The fourth-order valence-electron chi connectivity index (χ4n) is 7.02. The number of carbonyl (C=O) groups excluding carboxylic acids is 3. The zero-order valence-electron chi connectivity index (χ0n) is 23.9. The van der Waals surface area contributed by atoms with E-state index in [1.807, 2.05) is 61.5 Å². The molecule has 220 valence electrons. The number of thioether (sulfide) groups is 1. The standard InChI is InChI=1S/C32H41N3O5S/c1-3-40-24-15-13-23(14-16-24)34-28(37)25-26-30(39)35(19-9-4-5-10-20-36)27(32(26)18-17-31(25,2)41-32)29(38)33-21-22-11-7-6-8-12-22/h6-8,11-16,25-27,36H,3-5,9-10,17-21H2,1-2H3,(H,33,38)(H,34,37)/t25-,26+,27?,31+,32?/m1/s1. The Balaban J connectivity index is 1.39. The Bertz CT molecular complexity index is 1240. The van der Waals surface area contributed by atoms with Crippen LogP contribution in [0.15, 0.2) is 54.6 Å². The molecule has 2 aromatic rings. The number of benzene rings is 2. The van der Waals surface area contributed by atoms with Crippen molar-refractivity contribution in [3.8, 4) is 5.75 Å². The second-order valence-electron chi connectivity index (χ2n) is 11.5. The van der Waals surface area contributed by atoms with Crippen LogP contribution in [-0.2, 0) is 20.9 Å². The second-order valence-corrected chi connectivity index (χ2v) is 13.4. The van der Waals surface area contributed by atoms with Gasteiger partial charge in [0.2, 0.25) is 17.7 Å². The van der Waals surface area contributed by atoms with E-state index < -0.39 is 27.4 Å². The first-order valence-electron chi connectivity index (χ1n) is 14.8. The fraction of sp³-hybridized carbons (Fsp3) is 0.531. The fourth-order valence-corrected chi connectivity index (χ4v) is 9.37. The molecule has 5 rings (SSSR count). The summed E-state index contributed by atoms with van der Waals surface area (Å²) in [6.07, 6.45) is 4.72. The van der Waals surface area contributed by atoms with Crippen molar-refractivity contribution in [1.82, 2.24) is 10.2 Å². The number of anilines is 1. The number of aliphatic hydroxyl groups is 1. The van der Waals surface area contributed by atoms with Crippen molar-refractivity contribution in [2.24, 2.45) is 11.8 Å². The Hall–Kier alpha value is -3.04. The molecule has 3 amide bonds. The molecule has 0 saturated carbocycles. The van der Waals surface area contributed by atoms with Gasteiger partial charge >= 0.3 is 0 Å². The van der Waals surface area contributed by atoms with Crippen molar-refractivity contribution in [3.63, 3.8) is 0 Å². The molecule has 1 spiro atoms. The number of fused-ring (bicyclic) bond motifs is 1. The maximum Gasteiger partial charge on any atom is 0.244 e. The molecule has 3 heterocycles. The first-order valence-corrected chi connectivity index (χ1v) is 15.6. The average molecular weight is 580 g/mol. The Labute approximate surface area is 246 Å². The van der Waals surface area contributed by atoms with Crippen LogP contribution in [0.25, 0.3) is 0 Å². The predicted molar refractivity (Wildman–Crippen MR) is 161 cm³/mol. The third kappa shape index (κ3) is 5.71. The Kier molecular flexibility index (Phi) is 8.94. The predicted octanol–water partition coefficient (Wildman–Crippen LogP) is 4.37. The molecule has 2 aromatic carbocycles. The zero-order valence-corrected chi connectivity index (χ0v) is 24.8. The minimum absolute atomic E-state index is 0.0882. The van der Waals surface area contributed by atoms with Crippen LogP contribution in [0.2, 0.25) is 0 Å². The minimum atomic E-state index is -0.640. The number of amides is 3. The first-order chi connectivity index (χ1) is 19.8. The molecule has 0 aliphatic carbocycles. The largest absolute Gasteiger partial charge is 0.494 e. The van der Waals surface area contributed by atoms with E-state index in [2.05, 4.69) is 17.6 Å². The molecule has 3 N–H and O–H groups in total. The molecular weight excluding hydrogens is 538 g/mol. The third-order valence-corrected chi connectivity index (χ3v) is 10.8. The van der Waals surface area contributed by atoms with Crippen LogP contribution in [0, 0.1) is 11.8 Å². The molecule has 3 fully saturated rings. The number of rotatable bonds is 13. The van der Waals surface area contributed by atoms with E-state index in [1.54, 1.807) is 16.7 Å². The van der Waals surface area contributed by atoms with Crippen molar-refractivity contribution in [1.29, 1.82) is 0 Å². The number of likely N-dealkylation sites (tertiary alicyclic amines) is 1. The van der Waals surface area contributed by atoms with E-state index in [-0.39, 0.29) is 24.3 Å². The van der Waals surface area contributed by atoms with Gasteiger partial charge in [0.25, 0.3) is 0 Å². The van der Waals surface area contributed by atoms with Gasteiger partial charge in [-0.25, -0.2) is 0 Å². The van der Waals surface area contributed by atoms with Crippen LogP contribution in [0.5, 0.6) is 5.75 Å². The summed E-state index contributed by atoms with van der Waals surface area (Å²) in [5.41, 5.74) is 1.66. The van der Waals surface area contributed by atoms with Crippen LogP contribution in [0.4, 0.5) is 5.69 Å². The maximum atomic E-state index is 14.2. The van der Waals surface area contributed by atoms with Gasteiger partial charge in [-0.3, -0.25) is 14.4 Å². The molecule has 3 saturated heterocycles. The summed E-state index contributed by atoms with van der Waals surface area (Å²) >= 11 is 1.68. The van der Waals surface area contributed by atoms with Gasteiger partial charge < -0.3 is 25.4 Å². The van der Waals surface area contributed by atoms with E-state index in [4.69, 9.17) is 9.84 Å². The highest BCUT2D eigenvalue weighted by atomic mass is 32.2. The molecular formula is C32H41N3O5S. The van der Waals surface area contributed by atoms with Crippen LogP contribution in [0.1, 0.15) is 57.9 Å². The van der Waals surface area contributed by atoms with E-state index in [1.165, 1.54) is 0 Å². The molecule has 0 aromatic heterocycles. The van der Waals surface area contributed by atoms with Gasteiger partial charge in [0.1, 0.15) is 11.8 Å². The van der Waals surface area contributed by atoms with Gasteiger partial charge in [-0.05, 0) is 69.4 Å². The first kappa shape index (κ1) is 29.5. The highest BCUT2D eigenvalue weighted by Gasteiger charge is 2.77. The summed E-state index contributed by atoms with van der Waals surface area (Å²) in [4.78, 5) is 43.8. The van der Waals surface area contributed by atoms with Gasteiger partial charge in [0.05, 0.1) is 23.2 Å². The molecule has 0 radical (unpaired) electrons. The number of nitrogens with zero attached hydrogens (tertiary/aromatic N) is 1. The maximum absolute atomic E-state index is 14.2. The summed E-state index contributed by atoms with van der Waals surface area (Å²) in [5, 5.41) is 15.3. The topological polar surface area (TPSA) is 108 Å². The molecule has 9 heteroatoms. The lowest BCUT2D eigenvalue weighted by atomic mass is 9.66. The summed E-state index contributed by atoms with van der Waals surface area (Å²) < 4.78 is 4.45. The molecule has 3 aliphatic rings. The molecule has 8 nitrogen and oxygen atoms in total. The molecule has 2 bridgehead atoms. The lowest BCUT2D eigenvalue weighted by Gasteiger charge is -2.35. The van der Waals surface area contributed by atoms with Gasteiger partial charge in [-0.15, -0.1) is 11.8 Å². The molecule has 3 aliphatic heterocycles. The highest BCUT2D eigenvalue weighted by molar-refractivity contribution is 8.02. The summed E-state index contributed by atoms with van der Waals surface area (Å²) in [7, 11) is 0. The average Bonchev–Trinajstić information content (AvgIpc) is 3.54. The normalized spacial score (nSPS) is 28.0. The van der Waals surface area contributed by atoms with Crippen molar-refractivity contribution < 1.29 is 24.2 Å².